The van der Waals surface area contributed by atoms with E-state index in [1.807, 2.05) is 72.8 Å². The second-order valence-corrected chi connectivity index (χ2v) is 13.5. The van der Waals surface area contributed by atoms with Crippen molar-refractivity contribution in [3.05, 3.63) is 188 Å². The summed E-state index contributed by atoms with van der Waals surface area (Å²) in [7, 11) is 0. The van der Waals surface area contributed by atoms with Crippen molar-refractivity contribution in [1.29, 1.82) is 5.26 Å². The topological polar surface area (TPSA) is 62.5 Å². The summed E-state index contributed by atoms with van der Waals surface area (Å²) in [6.45, 7) is 0. The molecule has 0 bridgehead atoms. The average Bonchev–Trinajstić information content (AvgIpc) is 3.59. The predicted molar refractivity (Wildman–Crippen MR) is 219 cm³/mol. The first-order valence-electron chi connectivity index (χ1n) is 18.0. The standard InChI is InChI=1S/C50H30N4/c51-31-32-18-20-34(21-19-32)40-26-28-44-42-16-7-8-17-43(42)45-29-27-41(46(40)47(44)45)35-24-22-33(23-25-35)38-14-9-15-39(30-38)50-53-48(36-10-3-1-4-11-36)52-49(54-50)37-12-5-2-6-13-37/h1-30H. The summed E-state index contributed by atoms with van der Waals surface area (Å²) in [5, 5.41) is 12.0. The number of hydrogen-bond donors (Lipinski definition) is 0. The fourth-order valence-electron chi connectivity index (χ4n) is 7.72. The lowest BCUT2D eigenvalue weighted by atomic mass is 9.88. The molecule has 0 saturated carbocycles. The molecular formula is C50H30N4. The van der Waals surface area contributed by atoms with Crippen LogP contribution < -0.4 is 0 Å². The zero-order valence-electron chi connectivity index (χ0n) is 29.1. The van der Waals surface area contributed by atoms with Gasteiger partial charge in [-0.05, 0) is 84.6 Å². The summed E-state index contributed by atoms with van der Waals surface area (Å²) < 4.78 is 0. The lowest BCUT2D eigenvalue weighted by Crippen LogP contribution is -2.00. The van der Waals surface area contributed by atoms with Gasteiger partial charge in [-0.1, -0.05) is 164 Å². The van der Waals surface area contributed by atoms with Crippen LogP contribution in [0.5, 0.6) is 0 Å². The maximum atomic E-state index is 9.47. The quantitative estimate of drug-likeness (QED) is 0.175. The SMILES string of the molecule is N#Cc1ccc(-c2ccc3c4c(ccc(-c5ccc(-c6cccc(-c7nc(-c8ccccc8)nc(-c8ccccc8)n7)c6)cc5)c24)-c2ccccc2-3)cc1. The van der Waals surface area contributed by atoms with E-state index in [9.17, 15) is 5.26 Å². The molecule has 0 saturated heterocycles. The Morgan fingerprint density at radius 1 is 0.296 bits per heavy atom. The highest BCUT2D eigenvalue weighted by molar-refractivity contribution is 6.22. The van der Waals surface area contributed by atoms with Gasteiger partial charge in [-0.25, -0.2) is 15.0 Å². The molecule has 1 aliphatic carbocycles. The van der Waals surface area contributed by atoms with E-state index in [-0.39, 0.29) is 0 Å². The molecule has 4 heteroatoms. The molecule has 1 aromatic heterocycles. The third-order valence-corrected chi connectivity index (χ3v) is 10.3. The van der Waals surface area contributed by atoms with E-state index in [1.165, 1.54) is 38.6 Å². The molecule has 0 fully saturated rings. The molecule has 4 nitrogen and oxygen atoms in total. The summed E-state index contributed by atoms with van der Waals surface area (Å²) in [5.74, 6) is 1.91. The van der Waals surface area contributed by atoms with Crippen LogP contribution in [0.25, 0.3) is 101 Å². The van der Waals surface area contributed by atoms with E-state index >= 15 is 0 Å². The van der Waals surface area contributed by atoms with Gasteiger partial charge >= 0.3 is 0 Å². The summed E-state index contributed by atoms with van der Waals surface area (Å²) in [6, 6.07) is 65.3. The zero-order valence-corrected chi connectivity index (χ0v) is 29.1. The molecule has 1 aliphatic rings. The Morgan fingerprint density at radius 2 is 0.704 bits per heavy atom. The van der Waals surface area contributed by atoms with Crippen LogP contribution in [0.1, 0.15) is 5.56 Å². The first-order chi connectivity index (χ1) is 26.7. The first-order valence-corrected chi connectivity index (χ1v) is 18.0. The van der Waals surface area contributed by atoms with Crippen molar-refractivity contribution in [2.75, 3.05) is 0 Å². The molecule has 0 radical (unpaired) electrons. The van der Waals surface area contributed by atoms with E-state index < -0.39 is 0 Å². The van der Waals surface area contributed by atoms with E-state index in [4.69, 9.17) is 15.0 Å². The lowest BCUT2D eigenvalue weighted by molar-refractivity contribution is 1.07. The second-order valence-electron chi connectivity index (χ2n) is 13.5. The summed E-state index contributed by atoms with van der Waals surface area (Å²) in [6.07, 6.45) is 0. The van der Waals surface area contributed by atoms with Crippen molar-refractivity contribution in [3.8, 4) is 95.9 Å². The van der Waals surface area contributed by atoms with Gasteiger partial charge in [0.05, 0.1) is 11.6 Å². The Bertz CT molecular complexity index is 2820. The molecule has 9 aromatic rings. The zero-order chi connectivity index (χ0) is 36.0. The molecule has 0 N–H and O–H groups in total. The second kappa shape index (κ2) is 12.9. The van der Waals surface area contributed by atoms with E-state index in [2.05, 4.69) is 115 Å². The molecule has 0 atom stereocenters. The van der Waals surface area contributed by atoms with Crippen LogP contribution in [0.3, 0.4) is 0 Å². The van der Waals surface area contributed by atoms with Crippen molar-refractivity contribution >= 4 is 10.8 Å². The monoisotopic (exact) mass is 686 g/mol. The number of nitriles is 1. The molecule has 1 heterocycles. The van der Waals surface area contributed by atoms with Crippen LogP contribution in [0, 0.1) is 11.3 Å². The van der Waals surface area contributed by atoms with Gasteiger partial charge in [0, 0.05) is 16.7 Å². The maximum Gasteiger partial charge on any atom is 0.164 e. The highest BCUT2D eigenvalue weighted by atomic mass is 15.0. The van der Waals surface area contributed by atoms with Gasteiger partial charge in [-0.2, -0.15) is 5.26 Å². The minimum atomic E-state index is 0.630. The molecule has 8 aromatic carbocycles. The Hall–Kier alpha value is -7.48. The van der Waals surface area contributed by atoms with Gasteiger partial charge in [-0.3, -0.25) is 0 Å². The van der Waals surface area contributed by atoms with Crippen molar-refractivity contribution in [3.63, 3.8) is 0 Å². The van der Waals surface area contributed by atoms with E-state index in [1.54, 1.807) is 0 Å². The molecule has 250 valence electrons. The minimum Gasteiger partial charge on any atom is -0.208 e. The molecule has 0 amide bonds. The summed E-state index contributed by atoms with van der Waals surface area (Å²) in [4.78, 5) is 14.8. The average molecular weight is 687 g/mol. The van der Waals surface area contributed by atoms with Crippen molar-refractivity contribution in [2.24, 2.45) is 0 Å². The van der Waals surface area contributed by atoms with Gasteiger partial charge in [-0.15, -0.1) is 0 Å². The van der Waals surface area contributed by atoms with Crippen LogP contribution in [-0.4, -0.2) is 15.0 Å². The number of rotatable bonds is 6. The fraction of sp³-hybridized carbons (Fsp3) is 0. The normalized spacial score (nSPS) is 11.3. The van der Waals surface area contributed by atoms with Gasteiger partial charge < -0.3 is 0 Å². The predicted octanol–water partition coefficient (Wildman–Crippen LogP) is 12.5. The van der Waals surface area contributed by atoms with Gasteiger partial charge in [0.25, 0.3) is 0 Å². The van der Waals surface area contributed by atoms with E-state index in [0.717, 1.165) is 44.5 Å². The first kappa shape index (κ1) is 31.3. The van der Waals surface area contributed by atoms with Gasteiger partial charge in [0.1, 0.15) is 0 Å². The largest absolute Gasteiger partial charge is 0.208 e. The van der Waals surface area contributed by atoms with Crippen LogP contribution in [0.15, 0.2) is 182 Å². The third kappa shape index (κ3) is 5.35. The number of fused-ring (bicyclic) bond motifs is 3. The summed E-state index contributed by atoms with van der Waals surface area (Å²) in [5.41, 5.74) is 15.3. The third-order valence-electron chi connectivity index (χ3n) is 10.3. The minimum absolute atomic E-state index is 0.630. The molecule has 10 rings (SSSR count). The van der Waals surface area contributed by atoms with Crippen LogP contribution in [0.4, 0.5) is 0 Å². The molecule has 54 heavy (non-hydrogen) atoms. The summed E-state index contributed by atoms with van der Waals surface area (Å²) >= 11 is 0. The van der Waals surface area contributed by atoms with Crippen LogP contribution in [0.2, 0.25) is 0 Å². The maximum absolute atomic E-state index is 9.47. The Morgan fingerprint density at radius 3 is 1.24 bits per heavy atom. The van der Waals surface area contributed by atoms with E-state index in [0.29, 0.717) is 23.0 Å². The highest BCUT2D eigenvalue weighted by Crippen LogP contribution is 2.52. The Balaban J connectivity index is 1.07. The number of aromatic nitrogens is 3. The van der Waals surface area contributed by atoms with Gasteiger partial charge in [0.2, 0.25) is 0 Å². The molecular weight excluding hydrogens is 657 g/mol. The van der Waals surface area contributed by atoms with Crippen molar-refractivity contribution in [2.45, 2.75) is 0 Å². The Kier molecular flexibility index (Phi) is 7.49. The molecule has 0 unspecified atom stereocenters. The van der Waals surface area contributed by atoms with Gasteiger partial charge in [0.15, 0.2) is 17.5 Å². The molecule has 0 aliphatic heterocycles. The number of nitrogens with zero attached hydrogens (tertiary/aromatic N) is 4. The number of benzene rings is 8. The lowest BCUT2D eigenvalue weighted by Gasteiger charge is -2.15. The Labute approximate surface area is 313 Å². The van der Waals surface area contributed by atoms with Crippen molar-refractivity contribution < 1.29 is 0 Å². The fourth-order valence-corrected chi connectivity index (χ4v) is 7.72. The van der Waals surface area contributed by atoms with Crippen LogP contribution >= 0.6 is 0 Å². The molecule has 0 spiro atoms. The van der Waals surface area contributed by atoms with Crippen molar-refractivity contribution in [1.82, 2.24) is 15.0 Å². The highest BCUT2D eigenvalue weighted by Gasteiger charge is 2.25. The van der Waals surface area contributed by atoms with Crippen LogP contribution in [-0.2, 0) is 0 Å². The smallest absolute Gasteiger partial charge is 0.164 e. The number of hydrogen-bond acceptors (Lipinski definition) is 4.